The van der Waals surface area contributed by atoms with Gasteiger partial charge in [0.2, 0.25) is 0 Å². The summed E-state index contributed by atoms with van der Waals surface area (Å²) in [5.41, 5.74) is 3.42. The molecule has 0 bridgehead atoms. The third kappa shape index (κ3) is 6.74. The van der Waals surface area contributed by atoms with Crippen LogP contribution in [-0.4, -0.2) is 58.9 Å². The standard InChI is InChI=1S/C42H52N4O6/c1-5-7-9-17-31(47)51-23-41(3)43-29-15-11-13-25-19-21-27(37(45-41)33(25)29)35-39(49)36(40(35)50)28-22-20-26-14-12-16-30-34(26)38(28)46-42(4,44-30)24-52-32(48)18-10-8-6-2/h11-16,19-22,35-36,39-40,43-46,49-50H,5-10,17-18,23-24H2,1-4H3. The normalized spacial score (nSPS) is 25.7. The quantitative estimate of drug-likeness (QED) is 0.0565. The van der Waals surface area contributed by atoms with E-state index in [9.17, 15) is 19.8 Å². The summed E-state index contributed by atoms with van der Waals surface area (Å²) in [4.78, 5) is 25.1. The van der Waals surface area contributed by atoms with E-state index >= 15 is 0 Å². The van der Waals surface area contributed by atoms with Crippen molar-refractivity contribution in [1.29, 1.82) is 0 Å². The van der Waals surface area contributed by atoms with E-state index in [1.54, 1.807) is 0 Å². The molecule has 10 heteroatoms. The lowest BCUT2D eigenvalue weighted by molar-refractivity contribution is -0.145. The zero-order chi connectivity index (χ0) is 36.6. The second-order valence-electron chi connectivity index (χ2n) is 15.3. The molecule has 0 spiro atoms. The first kappa shape index (κ1) is 35.8. The van der Waals surface area contributed by atoms with Crippen molar-refractivity contribution in [3.05, 3.63) is 71.8 Å². The van der Waals surface area contributed by atoms with Crippen molar-refractivity contribution in [3.8, 4) is 0 Å². The van der Waals surface area contributed by atoms with Crippen LogP contribution in [0.2, 0.25) is 0 Å². The number of hydrogen-bond donors (Lipinski definition) is 6. The Morgan fingerprint density at radius 1 is 0.615 bits per heavy atom. The van der Waals surface area contributed by atoms with Gasteiger partial charge in [-0.15, -0.1) is 0 Å². The second-order valence-corrected chi connectivity index (χ2v) is 15.3. The zero-order valence-corrected chi connectivity index (χ0v) is 30.7. The van der Waals surface area contributed by atoms with Crippen LogP contribution in [0.3, 0.4) is 0 Å². The first-order valence-electron chi connectivity index (χ1n) is 19.0. The summed E-state index contributed by atoms with van der Waals surface area (Å²) in [5, 5.41) is 42.3. The molecule has 1 aliphatic carbocycles. The van der Waals surface area contributed by atoms with Gasteiger partial charge in [0.15, 0.2) is 0 Å². The molecule has 0 radical (unpaired) electrons. The van der Waals surface area contributed by atoms with Crippen molar-refractivity contribution in [2.24, 2.45) is 0 Å². The predicted octanol–water partition coefficient (Wildman–Crippen LogP) is 7.95. The number of aliphatic hydroxyl groups excluding tert-OH is 2. The molecule has 6 N–H and O–H groups in total. The van der Waals surface area contributed by atoms with E-state index < -0.39 is 35.4 Å². The van der Waals surface area contributed by atoms with Crippen LogP contribution in [0.5, 0.6) is 0 Å². The minimum Gasteiger partial charge on any atom is -0.461 e. The molecule has 4 aromatic carbocycles. The van der Waals surface area contributed by atoms with E-state index in [2.05, 4.69) is 35.1 Å². The van der Waals surface area contributed by atoms with Gasteiger partial charge in [0.25, 0.3) is 0 Å². The number of benzene rings is 4. The monoisotopic (exact) mass is 708 g/mol. The lowest BCUT2D eigenvalue weighted by Gasteiger charge is -2.50. The van der Waals surface area contributed by atoms with Gasteiger partial charge in [0, 0.05) is 58.2 Å². The van der Waals surface area contributed by atoms with Gasteiger partial charge in [0.1, 0.15) is 24.5 Å². The number of carbonyl (C=O) groups excluding carboxylic acids is 2. The Kier molecular flexibility index (Phi) is 9.97. The summed E-state index contributed by atoms with van der Waals surface area (Å²) in [5.74, 6) is -1.59. The van der Waals surface area contributed by atoms with E-state index in [0.717, 1.165) is 93.9 Å². The molecule has 4 aromatic rings. The highest BCUT2D eigenvalue weighted by atomic mass is 16.5. The lowest BCUT2D eigenvalue weighted by Crippen LogP contribution is -2.54. The summed E-state index contributed by atoms with van der Waals surface area (Å²) < 4.78 is 11.5. The maximum Gasteiger partial charge on any atom is 0.305 e. The molecule has 2 unspecified atom stereocenters. The van der Waals surface area contributed by atoms with Gasteiger partial charge in [-0.1, -0.05) is 88.1 Å². The van der Waals surface area contributed by atoms with Crippen molar-refractivity contribution in [1.82, 2.24) is 0 Å². The zero-order valence-electron chi connectivity index (χ0n) is 30.7. The molecule has 0 aromatic heterocycles. The number of nitrogens with one attached hydrogen (secondary N) is 4. The Labute approximate surface area is 305 Å². The minimum atomic E-state index is -0.893. The first-order valence-corrected chi connectivity index (χ1v) is 19.0. The molecule has 1 fully saturated rings. The predicted molar refractivity (Wildman–Crippen MR) is 207 cm³/mol. The maximum absolute atomic E-state index is 12.6. The van der Waals surface area contributed by atoms with E-state index in [1.165, 1.54) is 0 Å². The third-order valence-electron chi connectivity index (χ3n) is 11.0. The van der Waals surface area contributed by atoms with Gasteiger partial charge in [-0.3, -0.25) is 9.59 Å². The molecular weight excluding hydrogens is 656 g/mol. The number of carbonyl (C=O) groups is 2. The Bertz CT molecular complexity index is 1830. The van der Waals surface area contributed by atoms with Crippen molar-refractivity contribution < 1.29 is 29.3 Å². The van der Waals surface area contributed by atoms with Crippen LogP contribution in [0, 0.1) is 0 Å². The molecule has 2 atom stereocenters. The fourth-order valence-electron chi connectivity index (χ4n) is 8.25. The van der Waals surface area contributed by atoms with Crippen LogP contribution < -0.4 is 21.3 Å². The first-order chi connectivity index (χ1) is 25.0. The van der Waals surface area contributed by atoms with Crippen molar-refractivity contribution >= 4 is 56.2 Å². The molecule has 276 valence electrons. The molecule has 3 aliphatic rings. The number of esters is 2. The Balaban J connectivity index is 1.16. The molecule has 2 aliphatic heterocycles. The summed E-state index contributed by atoms with van der Waals surface area (Å²) >= 11 is 0. The molecule has 0 saturated heterocycles. The molecule has 52 heavy (non-hydrogen) atoms. The van der Waals surface area contributed by atoms with Gasteiger partial charge < -0.3 is 41.0 Å². The van der Waals surface area contributed by atoms with Crippen LogP contribution >= 0.6 is 0 Å². The molecule has 1 saturated carbocycles. The molecular formula is C42H52N4O6. The van der Waals surface area contributed by atoms with E-state index in [-0.39, 0.29) is 25.2 Å². The van der Waals surface area contributed by atoms with Crippen molar-refractivity contribution in [3.63, 3.8) is 0 Å². The fraction of sp³-hybridized carbons (Fsp3) is 0.476. The van der Waals surface area contributed by atoms with Gasteiger partial charge in [0.05, 0.1) is 12.2 Å². The Morgan fingerprint density at radius 3 is 1.44 bits per heavy atom. The van der Waals surface area contributed by atoms with Crippen LogP contribution in [0.1, 0.15) is 102 Å². The van der Waals surface area contributed by atoms with E-state index in [0.29, 0.717) is 12.8 Å². The highest BCUT2D eigenvalue weighted by Crippen LogP contribution is 2.55. The molecule has 10 nitrogen and oxygen atoms in total. The van der Waals surface area contributed by atoms with Crippen LogP contribution in [0.25, 0.3) is 21.5 Å². The average molecular weight is 709 g/mol. The van der Waals surface area contributed by atoms with E-state index in [4.69, 9.17) is 9.47 Å². The Morgan fingerprint density at radius 2 is 1.04 bits per heavy atom. The van der Waals surface area contributed by atoms with E-state index in [1.807, 2.05) is 74.5 Å². The van der Waals surface area contributed by atoms with Gasteiger partial charge in [-0.25, -0.2) is 0 Å². The second kappa shape index (κ2) is 14.5. The van der Waals surface area contributed by atoms with Gasteiger partial charge in [-0.05, 0) is 60.7 Å². The number of unbranched alkanes of at least 4 members (excludes halogenated alkanes) is 4. The number of hydrogen-bond acceptors (Lipinski definition) is 10. The molecule has 2 heterocycles. The SMILES string of the molecule is CCCCCC(=O)OCC1(C)Nc2cccc3ccc(C4C(O)C(c5ccc6cccc7c6c5NC(C)(COC(=O)CCCCC)N7)C4O)c(c23)N1. The summed E-state index contributed by atoms with van der Waals surface area (Å²) in [6.07, 6.45) is 4.62. The van der Waals surface area contributed by atoms with Crippen LogP contribution in [-0.2, 0) is 19.1 Å². The van der Waals surface area contributed by atoms with Gasteiger partial charge >= 0.3 is 11.9 Å². The molecule has 0 amide bonds. The summed E-state index contributed by atoms with van der Waals surface area (Å²) in [7, 11) is 0. The van der Waals surface area contributed by atoms with Gasteiger partial charge in [-0.2, -0.15) is 0 Å². The van der Waals surface area contributed by atoms with Crippen LogP contribution in [0.4, 0.5) is 22.7 Å². The fourth-order valence-corrected chi connectivity index (χ4v) is 8.25. The van der Waals surface area contributed by atoms with Crippen molar-refractivity contribution in [2.45, 2.75) is 114 Å². The number of anilines is 4. The number of aliphatic hydroxyl groups is 2. The molecule has 7 rings (SSSR count). The topological polar surface area (TPSA) is 141 Å². The smallest absolute Gasteiger partial charge is 0.305 e. The summed E-state index contributed by atoms with van der Waals surface area (Å²) in [6, 6.07) is 20.1. The third-order valence-corrected chi connectivity index (χ3v) is 11.0. The lowest BCUT2D eigenvalue weighted by atomic mass is 9.62. The van der Waals surface area contributed by atoms with Crippen LogP contribution in [0.15, 0.2) is 60.7 Å². The minimum absolute atomic E-state index is 0.107. The highest BCUT2D eigenvalue weighted by molar-refractivity contribution is 6.08. The van der Waals surface area contributed by atoms with Crippen molar-refractivity contribution in [2.75, 3.05) is 34.5 Å². The number of ether oxygens (including phenoxy) is 2. The Hall–Kier alpha value is -4.54. The highest BCUT2D eigenvalue weighted by Gasteiger charge is 2.53. The largest absolute Gasteiger partial charge is 0.461 e. The average Bonchev–Trinajstić information content (AvgIpc) is 3.12. The maximum atomic E-state index is 12.6. The number of rotatable bonds is 14. The summed E-state index contributed by atoms with van der Waals surface area (Å²) in [6.45, 7) is 8.33.